The van der Waals surface area contributed by atoms with Crippen molar-refractivity contribution in [2.75, 3.05) is 13.7 Å². The number of carbonyl (C=O) groups is 1. The first-order chi connectivity index (χ1) is 6.54. The lowest BCUT2D eigenvalue weighted by Crippen LogP contribution is -2.30. The van der Waals surface area contributed by atoms with Gasteiger partial charge in [0.2, 0.25) is 0 Å². The van der Waals surface area contributed by atoms with E-state index in [0.717, 1.165) is 7.11 Å². The van der Waals surface area contributed by atoms with Crippen molar-refractivity contribution < 1.29 is 15.0 Å². The van der Waals surface area contributed by atoms with Gasteiger partial charge in [0, 0.05) is 13.7 Å². The van der Waals surface area contributed by atoms with Crippen molar-refractivity contribution in [3.8, 4) is 0 Å². The highest BCUT2D eigenvalue weighted by atomic mass is 16.4. The molecule has 0 aliphatic heterocycles. The van der Waals surface area contributed by atoms with Gasteiger partial charge < -0.3 is 27.4 Å². The molecular weight excluding hydrogens is 188 g/mol. The zero-order valence-electron chi connectivity index (χ0n) is 8.18. The zero-order valence-corrected chi connectivity index (χ0v) is 8.18. The van der Waals surface area contributed by atoms with Crippen molar-refractivity contribution in [1.82, 2.24) is 0 Å². The third kappa shape index (κ3) is 10.7. The Kier molecular flexibility index (Phi) is 10.5. The van der Waals surface area contributed by atoms with Crippen LogP contribution in [-0.4, -0.2) is 41.8 Å². The molecule has 7 nitrogen and oxygen atoms in total. The number of nitrogens with two attached hydrogens (primary N) is 3. The molecule has 0 radical (unpaired) electrons. The van der Waals surface area contributed by atoms with Crippen LogP contribution in [0, 0.1) is 0 Å². The first-order valence-corrected chi connectivity index (χ1v) is 4.02. The summed E-state index contributed by atoms with van der Waals surface area (Å²) in [5, 5.41) is 15.4. The summed E-state index contributed by atoms with van der Waals surface area (Å²) >= 11 is 0. The summed E-state index contributed by atoms with van der Waals surface area (Å²) in [6.07, 6.45) is 0.956. The monoisotopic (exact) mass is 206 g/mol. The number of hydrogen-bond acceptors (Lipinski definition) is 4. The number of aliphatic hydroxyl groups is 1. The van der Waals surface area contributed by atoms with Crippen LogP contribution in [0.25, 0.3) is 0 Å². The molecule has 0 amide bonds. The van der Waals surface area contributed by atoms with E-state index in [1.165, 1.54) is 0 Å². The van der Waals surface area contributed by atoms with Crippen molar-refractivity contribution in [3.63, 3.8) is 0 Å². The topological polar surface area (TPSA) is 148 Å². The van der Waals surface area contributed by atoms with Gasteiger partial charge in [-0.1, -0.05) is 0 Å². The normalized spacial score (nSPS) is 10.8. The van der Waals surface area contributed by atoms with Gasteiger partial charge in [-0.2, -0.15) is 0 Å². The second-order valence-electron chi connectivity index (χ2n) is 2.39. The number of aliphatic imine (C=N–C) groups is 1. The van der Waals surface area contributed by atoms with Crippen LogP contribution in [0.1, 0.15) is 12.8 Å². The average molecular weight is 206 g/mol. The van der Waals surface area contributed by atoms with Crippen LogP contribution in [-0.2, 0) is 4.79 Å². The van der Waals surface area contributed by atoms with Crippen LogP contribution in [0.5, 0.6) is 0 Å². The molecule has 14 heavy (non-hydrogen) atoms. The van der Waals surface area contributed by atoms with Gasteiger partial charge in [-0.15, -0.1) is 0 Å². The molecule has 0 aromatic rings. The summed E-state index contributed by atoms with van der Waals surface area (Å²) in [5.74, 6) is -0.987. The van der Waals surface area contributed by atoms with Crippen LogP contribution in [0.3, 0.4) is 0 Å². The lowest BCUT2D eigenvalue weighted by molar-refractivity contribution is -0.138. The second-order valence-corrected chi connectivity index (χ2v) is 2.39. The van der Waals surface area contributed by atoms with Crippen molar-refractivity contribution in [3.05, 3.63) is 0 Å². The first kappa shape index (κ1) is 15.1. The molecule has 0 rings (SSSR count). The fourth-order valence-corrected chi connectivity index (χ4v) is 0.643. The van der Waals surface area contributed by atoms with E-state index in [4.69, 9.17) is 27.4 Å². The third-order valence-corrected chi connectivity index (χ3v) is 1.28. The number of aliphatic hydroxyl groups excluding tert-OH is 1. The van der Waals surface area contributed by atoms with Gasteiger partial charge in [-0.3, -0.25) is 9.79 Å². The number of rotatable bonds is 5. The molecule has 0 spiro atoms. The van der Waals surface area contributed by atoms with Gasteiger partial charge in [0.05, 0.1) is 0 Å². The number of guanidine groups is 1. The van der Waals surface area contributed by atoms with E-state index in [0.29, 0.717) is 19.4 Å². The molecule has 0 aromatic carbocycles. The quantitative estimate of drug-likeness (QED) is 0.201. The number of hydrogen-bond donors (Lipinski definition) is 5. The third-order valence-electron chi connectivity index (χ3n) is 1.28. The maximum Gasteiger partial charge on any atom is 0.320 e. The predicted octanol–water partition coefficient (Wildman–Crippen LogP) is -1.94. The van der Waals surface area contributed by atoms with Crippen LogP contribution >= 0.6 is 0 Å². The number of carboxylic acids is 1. The Hall–Kier alpha value is -1.34. The molecule has 0 saturated heterocycles. The van der Waals surface area contributed by atoms with Gasteiger partial charge in [0.25, 0.3) is 0 Å². The van der Waals surface area contributed by atoms with Gasteiger partial charge in [-0.25, -0.2) is 0 Å². The van der Waals surface area contributed by atoms with Crippen LogP contribution in [0.15, 0.2) is 4.99 Å². The highest BCUT2D eigenvalue weighted by Gasteiger charge is 2.09. The first-order valence-electron chi connectivity index (χ1n) is 4.02. The highest BCUT2D eigenvalue weighted by Crippen LogP contribution is 1.94. The molecule has 1 unspecified atom stereocenters. The number of aliphatic carboxylic acids is 1. The van der Waals surface area contributed by atoms with Gasteiger partial charge >= 0.3 is 5.97 Å². The van der Waals surface area contributed by atoms with Gasteiger partial charge in [-0.05, 0) is 12.8 Å². The van der Waals surface area contributed by atoms with Gasteiger partial charge in [0.15, 0.2) is 5.96 Å². The largest absolute Gasteiger partial charge is 0.480 e. The minimum Gasteiger partial charge on any atom is -0.480 e. The Balaban J connectivity index is 0. The summed E-state index contributed by atoms with van der Waals surface area (Å²) in [6.45, 7) is 0.420. The number of carboxylic acid groups (broad SMARTS) is 1. The number of nitrogens with zero attached hydrogens (tertiary/aromatic N) is 1. The van der Waals surface area contributed by atoms with E-state index in [2.05, 4.69) is 4.99 Å². The van der Waals surface area contributed by atoms with E-state index < -0.39 is 12.0 Å². The smallest absolute Gasteiger partial charge is 0.320 e. The molecule has 8 N–H and O–H groups in total. The molecule has 84 valence electrons. The molecular formula is C7H18N4O3. The fourth-order valence-electron chi connectivity index (χ4n) is 0.643. The van der Waals surface area contributed by atoms with Crippen LogP contribution in [0.4, 0.5) is 0 Å². The molecule has 0 bridgehead atoms. The van der Waals surface area contributed by atoms with Crippen molar-refractivity contribution in [1.29, 1.82) is 0 Å². The molecule has 1 atom stereocenters. The SMILES string of the molecule is CO.NC(N)=NCCCC(N)C(=O)O. The lowest BCUT2D eigenvalue weighted by atomic mass is 10.2. The Bertz CT molecular complexity index is 180. The van der Waals surface area contributed by atoms with E-state index >= 15 is 0 Å². The summed E-state index contributed by atoms with van der Waals surface area (Å²) < 4.78 is 0. The van der Waals surface area contributed by atoms with E-state index in [1.54, 1.807) is 0 Å². The lowest BCUT2D eigenvalue weighted by Gasteiger charge is -2.03. The zero-order chi connectivity index (χ0) is 11.6. The maximum absolute atomic E-state index is 10.2. The van der Waals surface area contributed by atoms with Crippen LogP contribution < -0.4 is 17.2 Å². The molecule has 0 aromatic heterocycles. The molecule has 0 saturated carbocycles. The van der Waals surface area contributed by atoms with Crippen molar-refractivity contribution >= 4 is 11.9 Å². The van der Waals surface area contributed by atoms with Crippen LogP contribution in [0.2, 0.25) is 0 Å². The summed E-state index contributed by atoms with van der Waals surface area (Å²) in [4.78, 5) is 13.9. The minimum atomic E-state index is -1.00. The minimum absolute atomic E-state index is 0.0129. The molecule has 0 aliphatic carbocycles. The fraction of sp³-hybridized carbons (Fsp3) is 0.714. The summed E-state index contributed by atoms with van der Waals surface area (Å²) in [5.41, 5.74) is 15.3. The van der Waals surface area contributed by atoms with Crippen molar-refractivity contribution in [2.45, 2.75) is 18.9 Å². The average Bonchev–Trinajstić information content (AvgIpc) is 2.15. The van der Waals surface area contributed by atoms with Gasteiger partial charge in [0.1, 0.15) is 6.04 Å². The molecule has 0 fully saturated rings. The molecule has 7 heteroatoms. The second kappa shape index (κ2) is 9.75. The Labute approximate surface area is 82.6 Å². The van der Waals surface area contributed by atoms with E-state index in [1.807, 2.05) is 0 Å². The Morgan fingerprint density at radius 2 is 1.93 bits per heavy atom. The summed E-state index contributed by atoms with van der Waals surface area (Å²) in [7, 11) is 1.00. The predicted molar refractivity (Wildman–Crippen MR) is 53.7 cm³/mol. The standard InChI is InChI=1S/C6H14N4O2.CH4O/c7-4(5(11)12)2-1-3-10-6(8)9;1-2/h4H,1-3,7H2,(H,11,12)(H4,8,9,10);2H,1H3. The Morgan fingerprint density at radius 1 is 1.43 bits per heavy atom. The summed E-state index contributed by atoms with van der Waals surface area (Å²) in [6, 6.07) is -0.820. The molecule has 0 aliphatic rings. The van der Waals surface area contributed by atoms with E-state index in [9.17, 15) is 4.79 Å². The van der Waals surface area contributed by atoms with E-state index in [-0.39, 0.29) is 5.96 Å². The molecule has 0 heterocycles. The Morgan fingerprint density at radius 3 is 2.29 bits per heavy atom. The maximum atomic E-state index is 10.2. The highest BCUT2D eigenvalue weighted by molar-refractivity contribution is 5.75. The van der Waals surface area contributed by atoms with Crippen molar-refractivity contribution in [2.24, 2.45) is 22.2 Å².